The summed E-state index contributed by atoms with van der Waals surface area (Å²) in [5.41, 5.74) is 8.81. The lowest BCUT2D eigenvalue weighted by Gasteiger charge is -2.03. The van der Waals surface area contributed by atoms with Crippen LogP contribution in [0.1, 0.15) is 5.56 Å². The highest BCUT2D eigenvalue weighted by Gasteiger charge is 1.95. The van der Waals surface area contributed by atoms with E-state index in [2.05, 4.69) is 10.4 Å². The van der Waals surface area contributed by atoms with E-state index in [0.717, 1.165) is 17.7 Å². The molecule has 15 heavy (non-hydrogen) atoms. The van der Waals surface area contributed by atoms with E-state index in [1.165, 1.54) is 0 Å². The third-order valence-corrected chi connectivity index (χ3v) is 1.96. The van der Waals surface area contributed by atoms with Crippen molar-refractivity contribution in [1.29, 1.82) is 0 Å². The van der Waals surface area contributed by atoms with Crippen LogP contribution in [0.2, 0.25) is 0 Å². The highest BCUT2D eigenvalue weighted by Crippen LogP contribution is 2.12. The molecule has 0 radical (unpaired) electrons. The van der Waals surface area contributed by atoms with Crippen molar-refractivity contribution in [2.75, 3.05) is 13.7 Å². The Bertz CT molecular complexity index is 338. The van der Waals surface area contributed by atoms with Crippen LogP contribution < -0.4 is 21.7 Å². The van der Waals surface area contributed by atoms with Crippen LogP contribution >= 0.6 is 0 Å². The number of benzene rings is 1. The average Bonchev–Trinajstić information content (AvgIpc) is 2.29. The molecule has 0 aliphatic rings. The van der Waals surface area contributed by atoms with Gasteiger partial charge in [-0.05, 0) is 24.1 Å². The van der Waals surface area contributed by atoms with Crippen molar-refractivity contribution in [3.05, 3.63) is 29.8 Å². The van der Waals surface area contributed by atoms with E-state index in [9.17, 15) is 0 Å². The minimum absolute atomic E-state index is 0.248. The van der Waals surface area contributed by atoms with Crippen LogP contribution in [0.5, 0.6) is 5.75 Å². The van der Waals surface area contributed by atoms with Gasteiger partial charge in [-0.25, -0.2) is 5.84 Å². The fourth-order valence-corrected chi connectivity index (χ4v) is 1.18. The number of hydrazine groups is 1. The van der Waals surface area contributed by atoms with Crippen molar-refractivity contribution in [2.45, 2.75) is 6.42 Å². The summed E-state index contributed by atoms with van der Waals surface area (Å²) < 4.78 is 5.11. The lowest BCUT2D eigenvalue weighted by Crippen LogP contribution is -2.37. The predicted molar refractivity (Wildman–Crippen MR) is 60.5 cm³/mol. The molecular formula is C10H16N4O. The predicted octanol–water partition coefficient (Wildman–Crippen LogP) is 0.0157. The number of aliphatic imine (C=N–C) groups is 1. The number of rotatable bonds is 4. The van der Waals surface area contributed by atoms with Crippen LogP contribution in [-0.2, 0) is 6.42 Å². The first-order valence-electron chi connectivity index (χ1n) is 4.65. The van der Waals surface area contributed by atoms with Gasteiger partial charge in [-0.15, -0.1) is 0 Å². The number of nitrogens with two attached hydrogens (primary N) is 2. The second kappa shape index (κ2) is 5.87. The minimum Gasteiger partial charge on any atom is -0.497 e. The molecule has 0 aliphatic carbocycles. The Balaban J connectivity index is 2.50. The van der Waals surface area contributed by atoms with E-state index >= 15 is 0 Å². The number of hydrogen-bond donors (Lipinski definition) is 3. The maximum absolute atomic E-state index is 5.38. The van der Waals surface area contributed by atoms with Gasteiger partial charge in [0.25, 0.3) is 0 Å². The van der Waals surface area contributed by atoms with E-state index in [0.29, 0.717) is 6.54 Å². The first kappa shape index (κ1) is 11.3. The minimum atomic E-state index is 0.248. The molecule has 0 spiro atoms. The molecule has 0 heterocycles. The Hall–Kier alpha value is -1.75. The van der Waals surface area contributed by atoms with Gasteiger partial charge in [0, 0.05) is 6.54 Å². The van der Waals surface area contributed by atoms with Crippen LogP contribution in [0.3, 0.4) is 0 Å². The molecular weight excluding hydrogens is 192 g/mol. The van der Waals surface area contributed by atoms with Gasteiger partial charge >= 0.3 is 0 Å². The number of nitrogens with zero attached hydrogens (tertiary/aromatic N) is 1. The highest BCUT2D eigenvalue weighted by molar-refractivity contribution is 5.77. The summed E-state index contributed by atoms with van der Waals surface area (Å²) in [7, 11) is 1.65. The zero-order valence-corrected chi connectivity index (χ0v) is 8.73. The smallest absolute Gasteiger partial charge is 0.203 e. The summed E-state index contributed by atoms with van der Waals surface area (Å²) >= 11 is 0. The summed E-state index contributed by atoms with van der Waals surface area (Å²) in [6.45, 7) is 0.600. The Kier molecular flexibility index (Phi) is 4.43. The molecule has 0 atom stereocenters. The van der Waals surface area contributed by atoms with E-state index in [1.54, 1.807) is 7.11 Å². The first-order chi connectivity index (χ1) is 7.26. The summed E-state index contributed by atoms with van der Waals surface area (Å²) in [6, 6.07) is 7.84. The number of nitrogens with one attached hydrogen (secondary N) is 1. The number of hydrogen-bond acceptors (Lipinski definition) is 3. The van der Waals surface area contributed by atoms with Gasteiger partial charge in [0.1, 0.15) is 5.75 Å². The van der Waals surface area contributed by atoms with Gasteiger partial charge in [0.15, 0.2) is 0 Å². The SMILES string of the molecule is COc1cccc(CCN=C(N)NN)c1. The van der Waals surface area contributed by atoms with Crippen molar-refractivity contribution in [1.82, 2.24) is 5.43 Å². The molecule has 0 amide bonds. The fraction of sp³-hybridized carbons (Fsp3) is 0.300. The maximum Gasteiger partial charge on any atom is 0.203 e. The van der Waals surface area contributed by atoms with Crippen LogP contribution in [-0.4, -0.2) is 19.6 Å². The lowest BCUT2D eigenvalue weighted by molar-refractivity contribution is 0.414. The Morgan fingerprint density at radius 3 is 3.00 bits per heavy atom. The van der Waals surface area contributed by atoms with Crippen LogP contribution in [0.25, 0.3) is 0 Å². The van der Waals surface area contributed by atoms with Gasteiger partial charge in [-0.3, -0.25) is 10.4 Å². The Morgan fingerprint density at radius 2 is 2.33 bits per heavy atom. The quantitative estimate of drug-likeness (QED) is 0.282. The summed E-state index contributed by atoms with van der Waals surface area (Å²) in [6.07, 6.45) is 0.805. The average molecular weight is 208 g/mol. The molecule has 5 N–H and O–H groups in total. The molecule has 0 saturated carbocycles. The molecule has 5 nitrogen and oxygen atoms in total. The standard InChI is InChI=1S/C10H16N4O/c1-15-9-4-2-3-8(7-9)5-6-13-10(11)14-12/h2-4,7H,5-6,12H2,1H3,(H3,11,13,14). The largest absolute Gasteiger partial charge is 0.497 e. The second-order valence-electron chi connectivity index (χ2n) is 3.01. The highest BCUT2D eigenvalue weighted by atomic mass is 16.5. The summed E-state index contributed by atoms with van der Waals surface area (Å²) in [5, 5.41) is 0. The van der Waals surface area contributed by atoms with Crippen molar-refractivity contribution in [2.24, 2.45) is 16.6 Å². The van der Waals surface area contributed by atoms with Gasteiger partial charge in [0.05, 0.1) is 7.11 Å². The van der Waals surface area contributed by atoms with Crippen molar-refractivity contribution < 1.29 is 4.74 Å². The molecule has 1 aromatic rings. The van der Waals surface area contributed by atoms with Crippen LogP contribution in [0.15, 0.2) is 29.3 Å². The van der Waals surface area contributed by atoms with Crippen molar-refractivity contribution in [3.8, 4) is 5.75 Å². The molecule has 0 fully saturated rings. The molecule has 0 unspecified atom stereocenters. The normalized spacial score (nSPS) is 11.2. The first-order valence-corrected chi connectivity index (χ1v) is 4.65. The molecule has 0 aromatic heterocycles. The molecule has 0 bridgehead atoms. The van der Waals surface area contributed by atoms with Crippen LogP contribution in [0.4, 0.5) is 0 Å². The number of ether oxygens (including phenoxy) is 1. The molecule has 1 aromatic carbocycles. The molecule has 82 valence electrons. The van der Waals surface area contributed by atoms with Gasteiger partial charge in [-0.1, -0.05) is 12.1 Å². The number of methoxy groups -OCH3 is 1. The van der Waals surface area contributed by atoms with Gasteiger partial charge < -0.3 is 10.5 Å². The molecule has 5 heteroatoms. The van der Waals surface area contributed by atoms with Crippen LogP contribution in [0, 0.1) is 0 Å². The fourth-order valence-electron chi connectivity index (χ4n) is 1.18. The van der Waals surface area contributed by atoms with Gasteiger partial charge in [-0.2, -0.15) is 0 Å². The van der Waals surface area contributed by atoms with Crippen molar-refractivity contribution >= 4 is 5.96 Å². The Labute approximate surface area is 89.1 Å². The zero-order chi connectivity index (χ0) is 11.1. The molecule has 0 aliphatic heterocycles. The summed E-state index contributed by atoms with van der Waals surface area (Å²) in [4.78, 5) is 4.01. The van der Waals surface area contributed by atoms with E-state index in [4.69, 9.17) is 16.3 Å². The third-order valence-electron chi connectivity index (χ3n) is 1.96. The van der Waals surface area contributed by atoms with Crippen molar-refractivity contribution in [3.63, 3.8) is 0 Å². The lowest BCUT2D eigenvalue weighted by atomic mass is 10.1. The molecule has 0 saturated heterocycles. The van der Waals surface area contributed by atoms with E-state index in [1.807, 2.05) is 24.3 Å². The third kappa shape index (κ3) is 3.86. The van der Waals surface area contributed by atoms with E-state index in [-0.39, 0.29) is 5.96 Å². The second-order valence-corrected chi connectivity index (χ2v) is 3.01. The van der Waals surface area contributed by atoms with Gasteiger partial charge in [0.2, 0.25) is 5.96 Å². The monoisotopic (exact) mass is 208 g/mol. The summed E-state index contributed by atoms with van der Waals surface area (Å²) in [5.74, 6) is 6.17. The maximum atomic E-state index is 5.38. The Morgan fingerprint density at radius 1 is 1.53 bits per heavy atom. The number of guanidine groups is 1. The zero-order valence-electron chi connectivity index (χ0n) is 8.73. The molecule has 1 rings (SSSR count). The topological polar surface area (TPSA) is 85.7 Å². The van der Waals surface area contributed by atoms with E-state index < -0.39 is 0 Å².